The number of pyridine rings is 1. The zero-order valence-corrected chi connectivity index (χ0v) is 16.3. The number of fused-ring (bicyclic) bond motifs is 3. The van der Waals surface area contributed by atoms with Gasteiger partial charge in [0.05, 0.1) is 17.1 Å². The maximum Gasteiger partial charge on any atom is 0.209 e. The van der Waals surface area contributed by atoms with E-state index in [2.05, 4.69) is 33.1 Å². The molecule has 0 radical (unpaired) electrons. The van der Waals surface area contributed by atoms with Gasteiger partial charge in [0, 0.05) is 30.1 Å². The number of para-hydroxylation sites is 2. The van der Waals surface area contributed by atoms with Crippen molar-refractivity contribution in [2.75, 3.05) is 5.32 Å². The first-order valence-electron chi connectivity index (χ1n) is 10.2. The fraction of sp³-hybridized carbons (Fsp3) is 0.160. The summed E-state index contributed by atoms with van der Waals surface area (Å²) in [5.74, 6) is 1.15. The predicted molar refractivity (Wildman–Crippen MR) is 116 cm³/mol. The summed E-state index contributed by atoms with van der Waals surface area (Å²) in [6.07, 6.45) is 4.94. The Morgan fingerprint density at radius 3 is 2.53 bits per heavy atom. The van der Waals surface area contributed by atoms with E-state index in [0.717, 1.165) is 40.2 Å². The molecule has 0 saturated heterocycles. The maximum atomic E-state index is 13.5. The molecule has 0 saturated carbocycles. The highest BCUT2D eigenvalue weighted by Gasteiger charge is 2.39. The number of aromatic nitrogens is 3. The van der Waals surface area contributed by atoms with Crippen molar-refractivity contribution >= 4 is 22.8 Å². The fourth-order valence-electron chi connectivity index (χ4n) is 4.84. The monoisotopic (exact) mass is 392 g/mol. The number of ketones is 1. The summed E-state index contributed by atoms with van der Waals surface area (Å²) < 4.78 is 2.14. The summed E-state index contributed by atoms with van der Waals surface area (Å²) in [6, 6.07) is 22.1. The summed E-state index contributed by atoms with van der Waals surface area (Å²) in [7, 11) is 0. The van der Waals surface area contributed by atoms with Gasteiger partial charge in [-0.15, -0.1) is 0 Å². The molecule has 1 aliphatic heterocycles. The van der Waals surface area contributed by atoms with Crippen molar-refractivity contribution in [2.24, 2.45) is 0 Å². The van der Waals surface area contributed by atoms with E-state index in [1.54, 1.807) is 6.20 Å². The summed E-state index contributed by atoms with van der Waals surface area (Å²) in [4.78, 5) is 22.7. The van der Waals surface area contributed by atoms with Crippen LogP contribution in [0.15, 0.2) is 90.4 Å². The number of nitrogens with one attached hydrogen (secondary N) is 1. The molecule has 2 unspecified atom stereocenters. The molecule has 0 spiro atoms. The molecule has 1 aliphatic carbocycles. The SMILES string of the molecule is O=C1CC(c2ccccc2)CC2=C1C(c1cccnc1)n1c(nc3ccccc31)N2. The quantitative estimate of drug-likeness (QED) is 0.530. The van der Waals surface area contributed by atoms with Crippen molar-refractivity contribution in [2.45, 2.75) is 24.8 Å². The van der Waals surface area contributed by atoms with E-state index in [1.165, 1.54) is 5.56 Å². The smallest absolute Gasteiger partial charge is 0.209 e. The molecule has 2 atom stereocenters. The van der Waals surface area contributed by atoms with Crippen LogP contribution in [0.5, 0.6) is 0 Å². The number of rotatable bonds is 2. The van der Waals surface area contributed by atoms with E-state index in [4.69, 9.17) is 4.98 Å². The second-order valence-corrected chi connectivity index (χ2v) is 7.94. The Labute approximate surface area is 174 Å². The number of benzene rings is 2. The highest BCUT2D eigenvalue weighted by atomic mass is 16.1. The first-order valence-corrected chi connectivity index (χ1v) is 10.2. The topological polar surface area (TPSA) is 59.8 Å². The van der Waals surface area contributed by atoms with Gasteiger partial charge < -0.3 is 5.32 Å². The lowest BCUT2D eigenvalue weighted by Gasteiger charge is -2.36. The molecule has 30 heavy (non-hydrogen) atoms. The maximum absolute atomic E-state index is 13.5. The van der Waals surface area contributed by atoms with Crippen LogP contribution >= 0.6 is 0 Å². The van der Waals surface area contributed by atoms with Crippen LogP contribution in [0.1, 0.15) is 35.9 Å². The van der Waals surface area contributed by atoms with Gasteiger partial charge in [0.15, 0.2) is 5.78 Å². The number of carbonyl (C=O) groups excluding carboxylic acids is 1. The van der Waals surface area contributed by atoms with Gasteiger partial charge in [-0.25, -0.2) is 4.98 Å². The highest BCUT2D eigenvalue weighted by Crippen LogP contribution is 2.45. The van der Waals surface area contributed by atoms with Gasteiger partial charge >= 0.3 is 0 Å². The molecule has 2 aliphatic rings. The summed E-state index contributed by atoms with van der Waals surface area (Å²) >= 11 is 0. The Hall–Kier alpha value is -3.73. The third kappa shape index (κ3) is 2.59. The van der Waals surface area contributed by atoms with Gasteiger partial charge in [-0.1, -0.05) is 48.5 Å². The molecule has 146 valence electrons. The number of imidazole rings is 1. The normalized spacial score (nSPS) is 20.6. The average Bonchev–Trinajstić information content (AvgIpc) is 3.17. The summed E-state index contributed by atoms with van der Waals surface area (Å²) in [6.45, 7) is 0. The third-order valence-electron chi connectivity index (χ3n) is 6.17. The zero-order valence-electron chi connectivity index (χ0n) is 16.3. The second kappa shape index (κ2) is 6.66. The number of Topliss-reactive ketones (excluding diaryl/α,β-unsaturated/α-hetero) is 1. The van der Waals surface area contributed by atoms with Crippen molar-refractivity contribution in [1.82, 2.24) is 14.5 Å². The van der Waals surface area contributed by atoms with Crippen molar-refractivity contribution in [3.63, 3.8) is 0 Å². The minimum atomic E-state index is -0.221. The number of hydrogen-bond donors (Lipinski definition) is 1. The van der Waals surface area contributed by atoms with Crippen molar-refractivity contribution in [1.29, 1.82) is 0 Å². The third-order valence-corrected chi connectivity index (χ3v) is 6.17. The molecule has 4 aromatic rings. The van der Waals surface area contributed by atoms with Crippen LogP contribution in [0.4, 0.5) is 5.95 Å². The molecular weight excluding hydrogens is 372 g/mol. The van der Waals surface area contributed by atoms with Crippen molar-refractivity contribution in [3.05, 3.63) is 102 Å². The molecule has 2 aromatic carbocycles. The first kappa shape index (κ1) is 17.2. The van der Waals surface area contributed by atoms with E-state index in [-0.39, 0.29) is 17.7 Å². The van der Waals surface area contributed by atoms with E-state index >= 15 is 0 Å². The van der Waals surface area contributed by atoms with Gasteiger partial charge in [0.1, 0.15) is 0 Å². The van der Waals surface area contributed by atoms with Gasteiger partial charge in [0.2, 0.25) is 5.95 Å². The van der Waals surface area contributed by atoms with Crippen LogP contribution in [-0.2, 0) is 4.79 Å². The number of anilines is 1. The lowest BCUT2D eigenvalue weighted by molar-refractivity contribution is -0.116. The summed E-state index contributed by atoms with van der Waals surface area (Å²) in [5, 5.41) is 3.51. The Morgan fingerprint density at radius 2 is 1.70 bits per heavy atom. The van der Waals surface area contributed by atoms with Crippen LogP contribution in [-0.4, -0.2) is 20.3 Å². The fourth-order valence-corrected chi connectivity index (χ4v) is 4.84. The van der Waals surface area contributed by atoms with Crippen LogP contribution in [0.3, 0.4) is 0 Å². The van der Waals surface area contributed by atoms with Crippen molar-refractivity contribution in [3.8, 4) is 0 Å². The van der Waals surface area contributed by atoms with E-state index in [1.807, 2.05) is 54.7 Å². The largest absolute Gasteiger partial charge is 0.329 e. The molecule has 0 fully saturated rings. The van der Waals surface area contributed by atoms with E-state index < -0.39 is 0 Å². The van der Waals surface area contributed by atoms with E-state index in [9.17, 15) is 4.79 Å². The lowest BCUT2D eigenvalue weighted by Crippen LogP contribution is -2.33. The number of hydrogen-bond acceptors (Lipinski definition) is 4. The predicted octanol–water partition coefficient (Wildman–Crippen LogP) is 4.85. The van der Waals surface area contributed by atoms with Gasteiger partial charge in [-0.2, -0.15) is 0 Å². The highest BCUT2D eigenvalue weighted by molar-refractivity contribution is 6.01. The average molecular weight is 392 g/mol. The molecule has 0 amide bonds. The molecule has 6 rings (SSSR count). The Morgan fingerprint density at radius 1 is 0.900 bits per heavy atom. The van der Waals surface area contributed by atoms with Crippen LogP contribution in [0, 0.1) is 0 Å². The van der Waals surface area contributed by atoms with Gasteiger partial charge in [-0.05, 0) is 41.7 Å². The summed E-state index contributed by atoms with van der Waals surface area (Å²) in [5.41, 5.74) is 5.96. The molecule has 5 heteroatoms. The van der Waals surface area contributed by atoms with Crippen molar-refractivity contribution < 1.29 is 4.79 Å². The standard InChI is InChI=1S/C25H20N4O/c30-22-14-18(16-7-2-1-3-8-16)13-20-23(22)24(17-9-6-12-26-15-17)29-21-11-5-4-10-19(21)27-25(29)28-20/h1-12,15,18,24H,13-14H2,(H,27,28). The minimum absolute atomic E-state index is 0.176. The van der Waals surface area contributed by atoms with Crippen LogP contribution in [0.25, 0.3) is 11.0 Å². The van der Waals surface area contributed by atoms with Crippen LogP contribution < -0.4 is 5.32 Å². The van der Waals surface area contributed by atoms with Crippen LogP contribution in [0.2, 0.25) is 0 Å². The molecule has 5 nitrogen and oxygen atoms in total. The number of carbonyl (C=O) groups is 1. The Kier molecular flexibility index (Phi) is 3.81. The molecular formula is C25H20N4O. The molecule has 0 bridgehead atoms. The van der Waals surface area contributed by atoms with Gasteiger partial charge in [0.25, 0.3) is 0 Å². The lowest BCUT2D eigenvalue weighted by atomic mass is 9.78. The number of nitrogens with zero attached hydrogens (tertiary/aromatic N) is 3. The Bertz CT molecular complexity index is 1290. The van der Waals surface area contributed by atoms with E-state index in [0.29, 0.717) is 6.42 Å². The first-order chi connectivity index (χ1) is 14.8. The number of allylic oxidation sites excluding steroid dienone is 2. The minimum Gasteiger partial charge on any atom is -0.329 e. The molecule has 1 N–H and O–H groups in total. The zero-order chi connectivity index (χ0) is 20.1. The molecule has 2 aromatic heterocycles. The Balaban J connectivity index is 1.54. The second-order valence-electron chi connectivity index (χ2n) is 7.94. The molecule has 3 heterocycles. The van der Waals surface area contributed by atoms with Gasteiger partial charge in [-0.3, -0.25) is 14.3 Å².